The Morgan fingerprint density at radius 2 is 2.11 bits per heavy atom. The van der Waals surface area contributed by atoms with Crippen LogP contribution in [0.15, 0.2) is 17.0 Å². The van der Waals surface area contributed by atoms with Gasteiger partial charge in [-0.1, -0.05) is 0 Å². The number of sulfonamides is 1. The van der Waals surface area contributed by atoms with Gasteiger partial charge in [-0.05, 0) is 50.3 Å². The molecule has 2 aliphatic rings. The molecule has 1 aliphatic heterocycles. The first-order chi connectivity index (χ1) is 8.90. The predicted molar refractivity (Wildman–Crippen MR) is 72.6 cm³/mol. The highest BCUT2D eigenvalue weighted by Crippen LogP contribution is 2.39. The minimum absolute atomic E-state index is 0.176. The van der Waals surface area contributed by atoms with Crippen LogP contribution in [-0.4, -0.2) is 20.6 Å². The first-order valence-electron chi connectivity index (χ1n) is 6.49. The van der Waals surface area contributed by atoms with Gasteiger partial charge in [0.15, 0.2) is 0 Å². The Kier molecular flexibility index (Phi) is 2.76. The molecule has 1 aromatic rings. The normalized spacial score (nSPS) is 20.5. The number of nitrogens with one attached hydrogen (secondary N) is 1. The number of hydrogen-bond donors (Lipinski definition) is 2. The Bertz CT molecular complexity index is 621. The monoisotopic (exact) mass is 282 g/mol. The van der Waals surface area contributed by atoms with Gasteiger partial charge in [-0.15, -0.1) is 0 Å². The molecule has 3 rings (SSSR count). The molecule has 0 amide bonds. The van der Waals surface area contributed by atoms with Crippen molar-refractivity contribution >= 4 is 15.7 Å². The lowest BCUT2D eigenvalue weighted by atomic mass is 10.1. The Balaban J connectivity index is 2.06. The maximum atomic E-state index is 12.5. The van der Waals surface area contributed by atoms with E-state index in [1.807, 2.05) is 6.92 Å². The number of ether oxygens (including phenoxy) is 1. The quantitative estimate of drug-likeness (QED) is 0.822. The van der Waals surface area contributed by atoms with Gasteiger partial charge in [0.1, 0.15) is 10.6 Å². The van der Waals surface area contributed by atoms with E-state index in [1.54, 1.807) is 6.07 Å². The van der Waals surface area contributed by atoms with Crippen molar-refractivity contribution in [2.45, 2.75) is 43.0 Å². The molecule has 19 heavy (non-hydrogen) atoms. The lowest BCUT2D eigenvalue weighted by molar-refractivity contribution is 0.280. The van der Waals surface area contributed by atoms with Crippen molar-refractivity contribution in [1.82, 2.24) is 4.72 Å². The van der Waals surface area contributed by atoms with E-state index < -0.39 is 10.0 Å². The molecule has 0 spiro atoms. The van der Waals surface area contributed by atoms with Crippen LogP contribution in [0, 0.1) is 0 Å². The molecule has 6 heteroatoms. The molecule has 104 valence electrons. The number of fused-ring (bicyclic) bond motifs is 1. The molecule has 0 saturated heterocycles. The van der Waals surface area contributed by atoms with Gasteiger partial charge >= 0.3 is 0 Å². The van der Waals surface area contributed by atoms with Crippen LogP contribution < -0.4 is 15.2 Å². The third kappa shape index (κ3) is 2.42. The summed E-state index contributed by atoms with van der Waals surface area (Å²) in [5, 5.41) is 0. The molecule has 1 aromatic carbocycles. The van der Waals surface area contributed by atoms with Gasteiger partial charge in [0.05, 0.1) is 6.61 Å². The second kappa shape index (κ2) is 4.11. The van der Waals surface area contributed by atoms with Gasteiger partial charge in [0.2, 0.25) is 10.0 Å². The third-order valence-corrected chi connectivity index (χ3v) is 5.31. The highest BCUT2D eigenvalue weighted by atomic mass is 32.2. The van der Waals surface area contributed by atoms with Gasteiger partial charge in [0, 0.05) is 11.2 Å². The van der Waals surface area contributed by atoms with Crippen LogP contribution in [0.1, 0.15) is 31.7 Å². The Morgan fingerprint density at radius 1 is 1.37 bits per heavy atom. The summed E-state index contributed by atoms with van der Waals surface area (Å²) in [5.41, 5.74) is 6.86. The van der Waals surface area contributed by atoms with Gasteiger partial charge in [-0.2, -0.15) is 0 Å². The number of hydrogen-bond acceptors (Lipinski definition) is 4. The Hall–Kier alpha value is -1.27. The molecule has 1 fully saturated rings. The second-order valence-corrected chi connectivity index (χ2v) is 7.28. The average Bonchev–Trinajstić information content (AvgIpc) is 3.04. The van der Waals surface area contributed by atoms with E-state index >= 15 is 0 Å². The van der Waals surface area contributed by atoms with Gasteiger partial charge < -0.3 is 10.5 Å². The topological polar surface area (TPSA) is 81.4 Å². The first-order valence-corrected chi connectivity index (χ1v) is 7.97. The molecule has 3 N–H and O–H groups in total. The Morgan fingerprint density at radius 3 is 2.79 bits per heavy atom. The van der Waals surface area contributed by atoms with Crippen LogP contribution in [0.2, 0.25) is 0 Å². The highest BCUT2D eigenvalue weighted by Gasteiger charge is 2.42. The maximum absolute atomic E-state index is 12.5. The SMILES string of the molecule is CC1(NS(=O)(=O)c2cc(N)cc3c2OCCC3)CC1. The van der Waals surface area contributed by atoms with E-state index in [9.17, 15) is 8.42 Å². The molecule has 0 radical (unpaired) electrons. The molecule has 0 atom stereocenters. The summed E-state index contributed by atoms with van der Waals surface area (Å²) in [5.74, 6) is 0.470. The standard InChI is InChI=1S/C13H18N2O3S/c1-13(4-5-13)15-19(16,17)11-8-10(14)7-9-3-2-6-18-12(9)11/h7-8,15H,2-6,14H2,1H3. The first kappa shape index (κ1) is 12.7. The summed E-state index contributed by atoms with van der Waals surface area (Å²) in [4.78, 5) is 0.176. The van der Waals surface area contributed by atoms with E-state index in [0.29, 0.717) is 18.0 Å². The lowest BCUT2D eigenvalue weighted by Gasteiger charge is -2.22. The van der Waals surface area contributed by atoms with Crippen LogP contribution in [-0.2, 0) is 16.4 Å². The molecular formula is C13H18N2O3S. The molecule has 1 heterocycles. The molecule has 0 bridgehead atoms. The molecular weight excluding hydrogens is 264 g/mol. The van der Waals surface area contributed by atoms with Crippen molar-refractivity contribution in [1.29, 1.82) is 0 Å². The van der Waals surface area contributed by atoms with Crippen molar-refractivity contribution < 1.29 is 13.2 Å². The molecule has 5 nitrogen and oxygen atoms in total. The fourth-order valence-corrected chi connectivity index (χ4v) is 4.03. The number of aryl methyl sites for hydroxylation is 1. The molecule has 0 aromatic heterocycles. The van der Waals surface area contributed by atoms with Crippen LogP contribution >= 0.6 is 0 Å². The molecule has 1 aliphatic carbocycles. The summed E-state index contributed by atoms with van der Waals surface area (Å²) in [7, 11) is -3.57. The van der Waals surface area contributed by atoms with Gasteiger partial charge in [-0.25, -0.2) is 13.1 Å². The summed E-state index contributed by atoms with van der Waals surface area (Å²) >= 11 is 0. The van der Waals surface area contributed by atoms with E-state index in [-0.39, 0.29) is 10.4 Å². The van der Waals surface area contributed by atoms with E-state index in [0.717, 1.165) is 31.2 Å². The zero-order chi connectivity index (χ0) is 13.7. The van der Waals surface area contributed by atoms with Crippen molar-refractivity contribution in [3.63, 3.8) is 0 Å². The minimum Gasteiger partial charge on any atom is -0.492 e. The van der Waals surface area contributed by atoms with Crippen LogP contribution in [0.4, 0.5) is 5.69 Å². The Labute approximate surface area is 113 Å². The van der Waals surface area contributed by atoms with Crippen molar-refractivity contribution in [3.8, 4) is 5.75 Å². The minimum atomic E-state index is -3.57. The maximum Gasteiger partial charge on any atom is 0.244 e. The average molecular weight is 282 g/mol. The fourth-order valence-electron chi connectivity index (χ4n) is 2.34. The van der Waals surface area contributed by atoms with E-state index in [1.165, 1.54) is 6.07 Å². The number of anilines is 1. The summed E-state index contributed by atoms with van der Waals surface area (Å²) < 4.78 is 33.2. The second-order valence-electron chi connectivity index (χ2n) is 5.63. The smallest absolute Gasteiger partial charge is 0.244 e. The van der Waals surface area contributed by atoms with Crippen LogP contribution in [0.5, 0.6) is 5.75 Å². The van der Waals surface area contributed by atoms with Crippen molar-refractivity contribution in [2.24, 2.45) is 0 Å². The fraction of sp³-hybridized carbons (Fsp3) is 0.538. The number of rotatable bonds is 3. The van der Waals surface area contributed by atoms with Gasteiger partial charge in [0.25, 0.3) is 0 Å². The summed E-state index contributed by atoms with van der Waals surface area (Å²) in [6.45, 7) is 2.46. The van der Waals surface area contributed by atoms with E-state index in [2.05, 4.69) is 4.72 Å². The zero-order valence-electron chi connectivity index (χ0n) is 10.9. The number of nitrogen functional groups attached to an aromatic ring is 1. The van der Waals surface area contributed by atoms with Crippen molar-refractivity contribution in [3.05, 3.63) is 17.7 Å². The number of nitrogens with two attached hydrogens (primary N) is 1. The van der Waals surface area contributed by atoms with Crippen molar-refractivity contribution in [2.75, 3.05) is 12.3 Å². The van der Waals surface area contributed by atoms with Crippen LogP contribution in [0.3, 0.4) is 0 Å². The lowest BCUT2D eigenvalue weighted by Crippen LogP contribution is -2.34. The predicted octanol–water partition coefficient (Wildman–Crippen LogP) is 1.42. The van der Waals surface area contributed by atoms with Gasteiger partial charge in [-0.3, -0.25) is 0 Å². The van der Waals surface area contributed by atoms with Crippen LogP contribution in [0.25, 0.3) is 0 Å². The highest BCUT2D eigenvalue weighted by molar-refractivity contribution is 7.89. The summed E-state index contributed by atoms with van der Waals surface area (Å²) in [6, 6.07) is 3.28. The molecule has 1 saturated carbocycles. The zero-order valence-corrected chi connectivity index (χ0v) is 11.7. The molecule has 0 unspecified atom stereocenters. The number of benzene rings is 1. The summed E-state index contributed by atoms with van der Waals surface area (Å²) in [6.07, 6.45) is 3.44. The van der Waals surface area contributed by atoms with E-state index in [4.69, 9.17) is 10.5 Å². The third-order valence-electron chi connectivity index (χ3n) is 3.66. The largest absolute Gasteiger partial charge is 0.492 e.